The highest BCUT2D eigenvalue weighted by Crippen LogP contribution is 2.44. The lowest BCUT2D eigenvalue weighted by atomic mass is 9.94. The molecule has 3 aliphatic rings. The maximum absolute atomic E-state index is 13.2. The summed E-state index contributed by atoms with van der Waals surface area (Å²) in [6.45, 7) is 3.75. The van der Waals surface area contributed by atoms with Crippen molar-refractivity contribution in [1.82, 2.24) is 9.78 Å². The van der Waals surface area contributed by atoms with E-state index in [0.717, 1.165) is 48.9 Å². The normalized spacial score (nSPS) is 23.0. The summed E-state index contributed by atoms with van der Waals surface area (Å²) in [7, 11) is -1.82. The van der Waals surface area contributed by atoms with Crippen LogP contribution >= 0.6 is 0 Å². The number of nitrogens with two attached hydrogens (primary N) is 1. The van der Waals surface area contributed by atoms with Crippen molar-refractivity contribution in [2.24, 2.45) is 15.4 Å². The molecule has 1 aliphatic heterocycles. The van der Waals surface area contributed by atoms with E-state index in [1.54, 1.807) is 11.8 Å². The van der Waals surface area contributed by atoms with Gasteiger partial charge in [-0.15, -0.1) is 4.36 Å². The number of hydrogen-bond donors (Lipinski definition) is 2. The van der Waals surface area contributed by atoms with E-state index in [0.29, 0.717) is 25.6 Å². The third-order valence-electron chi connectivity index (χ3n) is 6.58. The van der Waals surface area contributed by atoms with Crippen molar-refractivity contribution in [1.29, 1.82) is 0 Å². The largest absolute Gasteiger partial charge is 0.477 e. The predicted molar refractivity (Wildman–Crippen MR) is 120 cm³/mol. The Morgan fingerprint density at radius 1 is 1.41 bits per heavy atom. The summed E-state index contributed by atoms with van der Waals surface area (Å²) in [5.74, 6) is 0.831. The van der Waals surface area contributed by atoms with Gasteiger partial charge in [0.25, 0.3) is 0 Å². The van der Waals surface area contributed by atoms with Crippen LogP contribution < -0.4 is 15.2 Å². The minimum atomic E-state index is -3.52. The number of ether oxygens (including phenoxy) is 2. The summed E-state index contributed by atoms with van der Waals surface area (Å²) in [4.78, 5) is 13.1. The molecule has 1 aromatic heterocycles. The van der Waals surface area contributed by atoms with Gasteiger partial charge in [0.1, 0.15) is 4.90 Å². The zero-order valence-corrected chi connectivity index (χ0v) is 19.2. The summed E-state index contributed by atoms with van der Waals surface area (Å²) < 4.78 is 29.9. The molecule has 0 saturated heterocycles. The van der Waals surface area contributed by atoms with Crippen LogP contribution in [-0.4, -0.2) is 40.3 Å². The van der Waals surface area contributed by atoms with Gasteiger partial charge in [0.05, 0.1) is 26.0 Å². The molecule has 0 saturated carbocycles. The second kappa shape index (κ2) is 8.17. The van der Waals surface area contributed by atoms with Crippen LogP contribution in [0.15, 0.2) is 21.5 Å². The minimum Gasteiger partial charge on any atom is -0.477 e. The molecule has 0 fully saturated rings. The second-order valence-electron chi connectivity index (χ2n) is 9.01. The fourth-order valence-electron chi connectivity index (χ4n) is 5.19. The Hall–Kier alpha value is -2.43. The first-order chi connectivity index (χ1) is 15.4. The van der Waals surface area contributed by atoms with E-state index in [1.165, 1.54) is 17.3 Å². The molecule has 0 bridgehead atoms. The van der Waals surface area contributed by atoms with Gasteiger partial charge in [-0.25, -0.2) is 18.8 Å². The summed E-state index contributed by atoms with van der Waals surface area (Å²) in [5.41, 5.74) is 5.61. The molecule has 3 N–H and O–H groups in total. The third kappa shape index (κ3) is 3.70. The van der Waals surface area contributed by atoms with Gasteiger partial charge in [-0.2, -0.15) is 5.10 Å². The second-order valence-corrected chi connectivity index (χ2v) is 10.8. The highest BCUT2D eigenvalue weighted by Gasteiger charge is 2.32. The van der Waals surface area contributed by atoms with Crippen LogP contribution in [0.1, 0.15) is 47.9 Å². The number of nitrogens with one attached hydrogen (secondary N) is 1. The van der Waals surface area contributed by atoms with Crippen LogP contribution in [-0.2, 0) is 40.5 Å². The van der Waals surface area contributed by atoms with Crippen molar-refractivity contribution in [2.45, 2.75) is 56.4 Å². The third-order valence-corrected chi connectivity index (χ3v) is 7.93. The van der Waals surface area contributed by atoms with Gasteiger partial charge in [-0.3, -0.25) is 0 Å². The Kier molecular flexibility index (Phi) is 5.47. The molecule has 2 aromatic rings. The minimum absolute atomic E-state index is 0.153. The van der Waals surface area contributed by atoms with E-state index in [-0.39, 0.29) is 16.7 Å². The van der Waals surface area contributed by atoms with Crippen molar-refractivity contribution >= 4 is 21.6 Å². The number of aromatic nitrogens is 2. The molecule has 0 unspecified atom stereocenters. The topological polar surface area (TPSA) is 121 Å². The van der Waals surface area contributed by atoms with Crippen LogP contribution in [0.2, 0.25) is 0 Å². The molecule has 10 heteroatoms. The molecule has 2 amide bonds. The van der Waals surface area contributed by atoms with Gasteiger partial charge in [0, 0.05) is 24.6 Å². The zero-order chi connectivity index (χ0) is 22.5. The lowest BCUT2D eigenvalue weighted by Crippen LogP contribution is -2.25. The fourth-order valence-corrected chi connectivity index (χ4v) is 6.19. The SMILES string of the molecule is COC[C@@H]1CCc2cc3c(c(NC(=O)N=[S@@](N)(=O)c4cnn5c4OC[C@@H](C)C5)c21)CCC3. The molecular weight excluding hydrogens is 430 g/mol. The number of anilines is 1. The average molecular weight is 460 g/mol. The van der Waals surface area contributed by atoms with E-state index >= 15 is 0 Å². The van der Waals surface area contributed by atoms with Gasteiger partial charge in [0.2, 0.25) is 5.88 Å². The first-order valence-corrected chi connectivity index (χ1v) is 12.7. The zero-order valence-electron chi connectivity index (χ0n) is 18.4. The molecular formula is C22H29N5O4S. The van der Waals surface area contributed by atoms with Gasteiger partial charge < -0.3 is 14.8 Å². The molecule has 1 aromatic carbocycles. The quantitative estimate of drug-likeness (QED) is 0.728. The number of urea groups is 1. The van der Waals surface area contributed by atoms with E-state index in [1.807, 2.05) is 6.92 Å². The van der Waals surface area contributed by atoms with Gasteiger partial charge in [-0.1, -0.05) is 13.0 Å². The van der Waals surface area contributed by atoms with Crippen molar-refractivity contribution in [3.05, 3.63) is 34.5 Å². The Morgan fingerprint density at radius 3 is 3.06 bits per heavy atom. The fraction of sp³-hybridized carbons (Fsp3) is 0.545. The predicted octanol–water partition coefficient (Wildman–Crippen LogP) is 3.01. The molecule has 3 atom stereocenters. The monoisotopic (exact) mass is 459 g/mol. The Balaban J connectivity index is 1.49. The average Bonchev–Trinajstić information content (AvgIpc) is 3.46. The van der Waals surface area contributed by atoms with Gasteiger partial charge in [0.15, 0.2) is 9.92 Å². The first-order valence-electron chi connectivity index (χ1n) is 11.1. The van der Waals surface area contributed by atoms with E-state index in [4.69, 9.17) is 14.6 Å². The molecule has 172 valence electrons. The number of carbonyl (C=O) groups is 1. The highest BCUT2D eigenvalue weighted by molar-refractivity contribution is 7.91. The molecule has 2 heterocycles. The van der Waals surface area contributed by atoms with Crippen LogP contribution in [0.25, 0.3) is 0 Å². The number of fused-ring (bicyclic) bond motifs is 3. The van der Waals surface area contributed by atoms with Crippen molar-refractivity contribution in [3.63, 3.8) is 0 Å². The number of amides is 2. The van der Waals surface area contributed by atoms with Crippen LogP contribution in [0.5, 0.6) is 5.88 Å². The standard InChI is InChI=1S/C22H29N5O4S/c1-13-10-27-21(31-11-13)18(9-24-27)32(23,29)26-22(28)25-20-17-5-3-4-14(17)8-15-6-7-16(12-30-2)19(15)20/h8-9,13,16H,3-7,10-12H2,1-2H3,(H3,23,25,26,28,29)/t13-,16-,32+/m0/s1. The summed E-state index contributed by atoms with van der Waals surface area (Å²) >= 11 is 0. The molecule has 2 aliphatic carbocycles. The number of rotatable bonds is 4. The molecule has 9 nitrogen and oxygen atoms in total. The highest BCUT2D eigenvalue weighted by atomic mass is 32.2. The number of benzene rings is 1. The van der Waals surface area contributed by atoms with E-state index < -0.39 is 15.9 Å². The molecule has 0 radical (unpaired) electrons. The van der Waals surface area contributed by atoms with E-state index in [9.17, 15) is 9.00 Å². The Morgan fingerprint density at radius 2 is 2.25 bits per heavy atom. The smallest absolute Gasteiger partial charge is 0.354 e. The number of nitrogens with zero attached hydrogens (tertiary/aromatic N) is 3. The first kappa shape index (κ1) is 21.4. The lowest BCUT2D eigenvalue weighted by molar-refractivity contribution is 0.171. The van der Waals surface area contributed by atoms with E-state index in [2.05, 4.69) is 20.8 Å². The number of methoxy groups -OCH3 is 1. The Bertz CT molecular complexity index is 1200. The maximum Gasteiger partial charge on any atom is 0.354 e. The molecule has 0 spiro atoms. The van der Waals surface area contributed by atoms with Crippen LogP contribution in [0, 0.1) is 5.92 Å². The number of aryl methyl sites for hydroxylation is 2. The number of hydrogen-bond acceptors (Lipinski definition) is 5. The molecule has 5 rings (SSSR count). The van der Waals surface area contributed by atoms with Crippen LogP contribution in [0.4, 0.5) is 10.5 Å². The molecule has 32 heavy (non-hydrogen) atoms. The maximum atomic E-state index is 13.2. The van der Waals surface area contributed by atoms with Crippen molar-refractivity contribution in [2.75, 3.05) is 25.6 Å². The number of carbonyl (C=O) groups excluding carboxylic acids is 1. The lowest BCUT2D eigenvalue weighted by Gasteiger charge is -2.21. The van der Waals surface area contributed by atoms with Crippen molar-refractivity contribution in [3.8, 4) is 5.88 Å². The summed E-state index contributed by atoms with van der Waals surface area (Å²) in [6, 6.07) is 1.57. The summed E-state index contributed by atoms with van der Waals surface area (Å²) in [5, 5.41) is 13.2. The van der Waals surface area contributed by atoms with Crippen molar-refractivity contribution < 1.29 is 18.5 Å². The Labute approximate surface area is 188 Å². The van der Waals surface area contributed by atoms with Gasteiger partial charge in [-0.05, 0) is 54.4 Å². The summed E-state index contributed by atoms with van der Waals surface area (Å²) in [6.07, 6.45) is 6.29. The van der Waals surface area contributed by atoms with Gasteiger partial charge >= 0.3 is 6.03 Å². The van der Waals surface area contributed by atoms with Crippen LogP contribution in [0.3, 0.4) is 0 Å².